The lowest BCUT2D eigenvalue weighted by Gasteiger charge is -2.35. The highest BCUT2D eigenvalue weighted by molar-refractivity contribution is 7.86. The number of nitrogens with zero attached hydrogens (tertiary/aromatic N) is 1. The summed E-state index contributed by atoms with van der Waals surface area (Å²) >= 11 is 0. The Morgan fingerprint density at radius 3 is 2.59 bits per heavy atom. The summed E-state index contributed by atoms with van der Waals surface area (Å²) in [4.78, 5) is 25.0. The van der Waals surface area contributed by atoms with Gasteiger partial charge < -0.3 is 14.7 Å². The minimum atomic E-state index is -3.54. The van der Waals surface area contributed by atoms with E-state index < -0.39 is 16.1 Å². The first-order valence-corrected chi connectivity index (χ1v) is 13.1. The molecule has 3 rings (SSSR count). The highest BCUT2D eigenvalue weighted by Gasteiger charge is 2.36. The molecule has 0 fully saturated rings. The van der Waals surface area contributed by atoms with Crippen molar-refractivity contribution >= 4 is 33.6 Å². The number of ether oxygens (including phenoxy) is 1. The smallest absolute Gasteiger partial charge is 0.303 e. The van der Waals surface area contributed by atoms with E-state index in [1.807, 2.05) is 32.0 Å². The Bertz CT molecular complexity index is 1100. The molecule has 0 radical (unpaired) electrons. The maximum Gasteiger partial charge on any atom is 0.303 e. The molecule has 1 aliphatic heterocycles. The van der Waals surface area contributed by atoms with E-state index in [2.05, 4.69) is 15.2 Å². The second kappa shape index (κ2) is 10.7. The summed E-state index contributed by atoms with van der Waals surface area (Å²) in [5, 5.41) is 8.84. The fraction of sp³-hybridized carbons (Fsp3) is 0.520. The maximum absolute atomic E-state index is 12.2. The first-order chi connectivity index (χ1) is 16.0. The number of rotatable bonds is 12. The third-order valence-electron chi connectivity index (χ3n) is 6.18. The average Bonchev–Trinajstić information content (AvgIpc) is 2.75. The van der Waals surface area contributed by atoms with Gasteiger partial charge in [-0.05, 0) is 37.5 Å². The minimum Gasteiger partial charge on any atom is -0.481 e. The molecule has 1 aromatic carbocycles. The molecule has 0 atom stereocenters. The number of benzene rings is 1. The third-order valence-corrected chi connectivity index (χ3v) is 7.48. The summed E-state index contributed by atoms with van der Waals surface area (Å²) in [6.45, 7) is 5.22. The van der Waals surface area contributed by atoms with Crippen LogP contribution in [0.2, 0.25) is 0 Å². The standard InChI is InChI=1S/C25H33NO7S/c1-25(2)17-20(27)16-23-21(25)14-18-9-10-19(15-22(18)33-23)26(11-6-4-5-8-24(28)29)12-7-13-34(30,31)32-3/h9-10,14-16H,4-8,11-13,17H2,1-3H3,(H,28,29). The number of unbranched alkanes of at least 4 members (excludes halogenated alkanes) is 2. The van der Waals surface area contributed by atoms with Crippen molar-refractivity contribution in [2.45, 2.75) is 52.4 Å². The van der Waals surface area contributed by atoms with E-state index in [0.29, 0.717) is 43.9 Å². The number of carboxylic acid groups (broad SMARTS) is 1. The molecule has 9 heteroatoms. The van der Waals surface area contributed by atoms with Crippen LogP contribution >= 0.6 is 0 Å². The van der Waals surface area contributed by atoms with Gasteiger partial charge in [0.2, 0.25) is 0 Å². The molecule has 2 aliphatic rings. The SMILES string of the molecule is COS(=O)(=O)CCCN(CCCCCC(=O)O)c1ccc2c(c1)OC1=CC(=O)CC(C)(C)C1=C2. The number of anilines is 1. The molecule has 1 N–H and O–H groups in total. The molecule has 0 saturated carbocycles. The van der Waals surface area contributed by atoms with Crippen molar-refractivity contribution < 1.29 is 32.0 Å². The van der Waals surface area contributed by atoms with E-state index >= 15 is 0 Å². The Labute approximate surface area is 201 Å². The number of hydrogen-bond donors (Lipinski definition) is 1. The van der Waals surface area contributed by atoms with Crippen molar-refractivity contribution in [3.05, 3.63) is 41.2 Å². The number of carboxylic acids is 1. The molecule has 1 aliphatic carbocycles. The van der Waals surface area contributed by atoms with Gasteiger partial charge in [0.05, 0.1) is 12.9 Å². The summed E-state index contributed by atoms with van der Waals surface area (Å²) in [7, 11) is -2.39. The fourth-order valence-electron chi connectivity index (χ4n) is 4.33. The van der Waals surface area contributed by atoms with E-state index in [-0.39, 0.29) is 23.4 Å². The molecule has 34 heavy (non-hydrogen) atoms. The first-order valence-electron chi connectivity index (χ1n) is 11.5. The monoisotopic (exact) mass is 491 g/mol. The number of hydrogen-bond acceptors (Lipinski definition) is 7. The summed E-state index contributed by atoms with van der Waals surface area (Å²) in [6, 6.07) is 5.87. The van der Waals surface area contributed by atoms with Gasteiger partial charge in [0.1, 0.15) is 11.5 Å². The summed E-state index contributed by atoms with van der Waals surface area (Å²) < 4.78 is 34.1. The van der Waals surface area contributed by atoms with Gasteiger partial charge in [-0.2, -0.15) is 8.42 Å². The maximum atomic E-state index is 12.2. The zero-order valence-corrected chi connectivity index (χ0v) is 20.8. The highest BCUT2D eigenvalue weighted by atomic mass is 32.2. The lowest BCUT2D eigenvalue weighted by Crippen LogP contribution is -2.29. The summed E-state index contributed by atoms with van der Waals surface area (Å²) in [5.74, 6) is 0.380. The van der Waals surface area contributed by atoms with Crippen LogP contribution in [-0.4, -0.2) is 51.2 Å². The quantitative estimate of drug-likeness (QED) is 0.343. The number of carbonyl (C=O) groups excluding carboxylic acids is 1. The van der Waals surface area contributed by atoms with E-state index in [9.17, 15) is 18.0 Å². The normalized spacial score (nSPS) is 16.6. The van der Waals surface area contributed by atoms with Crippen molar-refractivity contribution in [2.24, 2.45) is 5.41 Å². The number of fused-ring (bicyclic) bond motifs is 2. The van der Waals surface area contributed by atoms with Gasteiger partial charge in [-0.1, -0.05) is 20.3 Å². The molecule has 0 amide bonds. The van der Waals surface area contributed by atoms with Crippen LogP contribution in [0.3, 0.4) is 0 Å². The van der Waals surface area contributed by atoms with E-state index in [1.54, 1.807) is 6.08 Å². The van der Waals surface area contributed by atoms with E-state index in [0.717, 1.165) is 36.8 Å². The van der Waals surface area contributed by atoms with Crippen LogP contribution in [0.1, 0.15) is 57.9 Å². The molecule has 186 valence electrons. The lowest BCUT2D eigenvalue weighted by molar-refractivity contribution is -0.137. The van der Waals surface area contributed by atoms with Crippen molar-refractivity contribution in [3.63, 3.8) is 0 Å². The molecular formula is C25H33NO7S. The molecule has 0 spiro atoms. The number of ketones is 1. The van der Waals surface area contributed by atoms with Gasteiger partial charge in [0.15, 0.2) is 5.78 Å². The highest BCUT2D eigenvalue weighted by Crippen LogP contribution is 2.45. The van der Waals surface area contributed by atoms with Gasteiger partial charge in [0, 0.05) is 60.3 Å². The Kier molecular flexibility index (Phi) is 8.20. The predicted octanol–water partition coefficient (Wildman–Crippen LogP) is 4.16. The molecule has 0 bridgehead atoms. The third kappa shape index (κ3) is 6.70. The van der Waals surface area contributed by atoms with Crippen LogP contribution in [0.4, 0.5) is 5.69 Å². The van der Waals surface area contributed by atoms with Gasteiger partial charge in [-0.15, -0.1) is 0 Å². The average molecular weight is 492 g/mol. The Hall–Kier alpha value is -2.65. The molecule has 1 aromatic rings. The lowest BCUT2D eigenvalue weighted by atomic mass is 9.74. The minimum absolute atomic E-state index is 0.0408. The molecule has 0 saturated heterocycles. The van der Waals surface area contributed by atoms with Crippen LogP contribution in [0.25, 0.3) is 6.08 Å². The molecular weight excluding hydrogens is 458 g/mol. The van der Waals surface area contributed by atoms with Crippen LogP contribution in [-0.2, 0) is 23.9 Å². The van der Waals surface area contributed by atoms with Gasteiger partial charge >= 0.3 is 5.97 Å². The molecule has 8 nitrogen and oxygen atoms in total. The van der Waals surface area contributed by atoms with E-state index in [1.165, 1.54) is 0 Å². The number of allylic oxidation sites excluding steroid dienone is 2. The second-order valence-corrected chi connectivity index (χ2v) is 11.2. The zero-order chi connectivity index (χ0) is 24.9. The summed E-state index contributed by atoms with van der Waals surface area (Å²) in [5.41, 5.74) is 2.52. The van der Waals surface area contributed by atoms with Crippen molar-refractivity contribution in [1.82, 2.24) is 0 Å². The summed E-state index contributed by atoms with van der Waals surface area (Å²) in [6.07, 6.45) is 6.74. The van der Waals surface area contributed by atoms with Crippen molar-refractivity contribution in [2.75, 3.05) is 30.9 Å². The molecule has 0 unspecified atom stereocenters. The fourth-order valence-corrected chi connectivity index (χ4v) is 4.98. The van der Waals surface area contributed by atoms with Crippen LogP contribution < -0.4 is 9.64 Å². The molecule has 1 heterocycles. The van der Waals surface area contributed by atoms with Crippen LogP contribution in [0.5, 0.6) is 5.75 Å². The second-order valence-electron chi connectivity index (χ2n) is 9.39. The Balaban J connectivity index is 1.78. The topological polar surface area (TPSA) is 110 Å². The van der Waals surface area contributed by atoms with Crippen molar-refractivity contribution in [1.29, 1.82) is 0 Å². The number of carbonyl (C=O) groups is 2. The van der Waals surface area contributed by atoms with Crippen molar-refractivity contribution in [3.8, 4) is 5.75 Å². The van der Waals surface area contributed by atoms with Crippen LogP contribution in [0, 0.1) is 5.41 Å². The predicted molar refractivity (Wildman–Crippen MR) is 130 cm³/mol. The van der Waals surface area contributed by atoms with Crippen LogP contribution in [0.15, 0.2) is 35.6 Å². The van der Waals surface area contributed by atoms with Gasteiger partial charge in [-0.3, -0.25) is 13.8 Å². The van der Waals surface area contributed by atoms with E-state index in [4.69, 9.17) is 9.84 Å². The Morgan fingerprint density at radius 2 is 1.88 bits per heavy atom. The van der Waals surface area contributed by atoms with Gasteiger partial charge in [-0.25, -0.2) is 0 Å². The number of aliphatic carboxylic acids is 1. The zero-order valence-electron chi connectivity index (χ0n) is 20.0. The molecule has 0 aromatic heterocycles. The Morgan fingerprint density at radius 1 is 1.15 bits per heavy atom. The van der Waals surface area contributed by atoms with Gasteiger partial charge in [0.25, 0.3) is 10.1 Å². The first kappa shape index (κ1) is 26.0. The largest absolute Gasteiger partial charge is 0.481 e.